The Kier molecular flexibility index (Phi) is 4.62. The minimum Gasteiger partial charge on any atom is -0.411 e. The standard InChI is InChI=1S/C14H10BrF3N2O/c15-11-3-1-2-9(6-11)13(20-21)7-12-5-4-10(8-19-12)14(16,17)18/h1-6,8,21H,7H2/b20-13-. The molecule has 0 radical (unpaired) electrons. The molecule has 3 nitrogen and oxygen atoms in total. The van der Waals surface area contributed by atoms with Gasteiger partial charge >= 0.3 is 6.18 Å². The number of alkyl halides is 3. The van der Waals surface area contributed by atoms with E-state index in [1.165, 1.54) is 6.07 Å². The van der Waals surface area contributed by atoms with Crippen molar-refractivity contribution in [2.75, 3.05) is 0 Å². The van der Waals surface area contributed by atoms with E-state index >= 15 is 0 Å². The van der Waals surface area contributed by atoms with Gasteiger partial charge in [0.2, 0.25) is 0 Å². The van der Waals surface area contributed by atoms with E-state index in [2.05, 4.69) is 26.1 Å². The van der Waals surface area contributed by atoms with Crippen molar-refractivity contribution in [3.05, 3.63) is 63.9 Å². The molecule has 21 heavy (non-hydrogen) atoms. The van der Waals surface area contributed by atoms with Crippen LogP contribution in [0.3, 0.4) is 0 Å². The molecule has 0 aliphatic carbocycles. The Morgan fingerprint density at radius 1 is 1.24 bits per heavy atom. The lowest BCUT2D eigenvalue weighted by Gasteiger charge is -2.08. The Hall–Kier alpha value is -1.89. The van der Waals surface area contributed by atoms with Gasteiger partial charge in [0.05, 0.1) is 11.3 Å². The van der Waals surface area contributed by atoms with E-state index < -0.39 is 11.7 Å². The Bertz CT molecular complexity index is 654. The summed E-state index contributed by atoms with van der Waals surface area (Å²) in [5.74, 6) is 0. The van der Waals surface area contributed by atoms with Gasteiger partial charge in [-0.25, -0.2) is 0 Å². The number of hydrogen-bond donors (Lipinski definition) is 1. The summed E-state index contributed by atoms with van der Waals surface area (Å²) in [6.45, 7) is 0. The van der Waals surface area contributed by atoms with Crippen LogP contribution in [0.25, 0.3) is 0 Å². The van der Waals surface area contributed by atoms with Gasteiger partial charge in [0.25, 0.3) is 0 Å². The number of aromatic nitrogens is 1. The zero-order valence-corrected chi connectivity index (χ0v) is 12.2. The van der Waals surface area contributed by atoms with Gasteiger partial charge in [0, 0.05) is 28.3 Å². The number of nitrogens with zero attached hydrogens (tertiary/aromatic N) is 2. The highest BCUT2D eigenvalue weighted by molar-refractivity contribution is 9.10. The number of pyridine rings is 1. The Morgan fingerprint density at radius 2 is 2.00 bits per heavy atom. The van der Waals surface area contributed by atoms with Crippen LogP contribution in [0, 0.1) is 0 Å². The Morgan fingerprint density at radius 3 is 2.52 bits per heavy atom. The molecule has 0 aliphatic heterocycles. The quantitative estimate of drug-likeness (QED) is 0.505. The molecular weight excluding hydrogens is 349 g/mol. The fraction of sp³-hybridized carbons (Fsp3) is 0.143. The first kappa shape index (κ1) is 15.5. The second-order valence-corrected chi connectivity index (χ2v) is 5.19. The van der Waals surface area contributed by atoms with Crippen LogP contribution < -0.4 is 0 Å². The molecule has 0 unspecified atom stereocenters. The molecule has 0 spiro atoms. The molecule has 0 atom stereocenters. The highest BCUT2D eigenvalue weighted by Gasteiger charge is 2.30. The second-order valence-electron chi connectivity index (χ2n) is 4.27. The average Bonchev–Trinajstić information content (AvgIpc) is 2.44. The van der Waals surface area contributed by atoms with Crippen molar-refractivity contribution in [1.29, 1.82) is 0 Å². The fourth-order valence-electron chi connectivity index (χ4n) is 1.73. The predicted molar refractivity (Wildman–Crippen MR) is 75.4 cm³/mol. The van der Waals surface area contributed by atoms with E-state index in [-0.39, 0.29) is 6.42 Å². The van der Waals surface area contributed by atoms with Crippen LogP contribution in [0.1, 0.15) is 16.8 Å². The lowest BCUT2D eigenvalue weighted by atomic mass is 10.1. The maximum Gasteiger partial charge on any atom is 0.417 e. The Balaban J connectivity index is 2.20. The van der Waals surface area contributed by atoms with Crippen molar-refractivity contribution in [1.82, 2.24) is 4.98 Å². The molecule has 1 aromatic heterocycles. The third kappa shape index (κ3) is 4.04. The van der Waals surface area contributed by atoms with Crippen LogP contribution in [0.5, 0.6) is 0 Å². The first-order chi connectivity index (χ1) is 9.90. The summed E-state index contributed by atoms with van der Waals surface area (Å²) < 4.78 is 38.2. The molecular formula is C14H10BrF3N2O. The molecule has 110 valence electrons. The largest absolute Gasteiger partial charge is 0.417 e. The summed E-state index contributed by atoms with van der Waals surface area (Å²) in [6, 6.07) is 9.30. The van der Waals surface area contributed by atoms with Crippen molar-refractivity contribution >= 4 is 21.6 Å². The summed E-state index contributed by atoms with van der Waals surface area (Å²) in [5.41, 5.74) is 0.559. The molecule has 1 aromatic carbocycles. The second kappa shape index (κ2) is 6.26. The van der Waals surface area contributed by atoms with Crippen LogP contribution in [0.15, 0.2) is 52.2 Å². The number of hydrogen-bond acceptors (Lipinski definition) is 3. The van der Waals surface area contributed by atoms with Gasteiger partial charge in [-0.3, -0.25) is 4.98 Å². The smallest absolute Gasteiger partial charge is 0.411 e. The molecule has 2 aromatic rings. The van der Waals surface area contributed by atoms with E-state index in [9.17, 15) is 13.2 Å². The summed E-state index contributed by atoms with van der Waals surface area (Å²) >= 11 is 3.30. The molecule has 0 aliphatic rings. The van der Waals surface area contributed by atoms with E-state index in [1.807, 2.05) is 6.07 Å². The molecule has 0 amide bonds. The third-order valence-corrected chi connectivity index (χ3v) is 3.27. The van der Waals surface area contributed by atoms with Crippen LogP contribution in [0.2, 0.25) is 0 Å². The molecule has 1 heterocycles. The summed E-state index contributed by atoms with van der Waals surface area (Å²) in [4.78, 5) is 3.76. The van der Waals surface area contributed by atoms with Crippen molar-refractivity contribution in [3.8, 4) is 0 Å². The number of benzene rings is 1. The molecule has 0 saturated heterocycles. The van der Waals surface area contributed by atoms with Crippen LogP contribution in [-0.2, 0) is 12.6 Å². The van der Waals surface area contributed by atoms with Crippen molar-refractivity contribution < 1.29 is 18.4 Å². The van der Waals surface area contributed by atoms with Gasteiger partial charge < -0.3 is 5.21 Å². The maximum atomic E-state index is 12.4. The topological polar surface area (TPSA) is 45.5 Å². The van der Waals surface area contributed by atoms with Gasteiger partial charge in [-0.15, -0.1) is 0 Å². The minimum absolute atomic E-state index is 0.130. The van der Waals surface area contributed by atoms with Crippen LogP contribution in [-0.4, -0.2) is 15.9 Å². The average molecular weight is 359 g/mol. The SMILES string of the molecule is O/N=C(/Cc1ccc(C(F)(F)F)cn1)c1cccc(Br)c1. The van der Waals surface area contributed by atoms with Crippen molar-refractivity contribution in [2.45, 2.75) is 12.6 Å². The van der Waals surface area contributed by atoms with Gasteiger partial charge in [-0.2, -0.15) is 13.2 Å². The molecule has 2 rings (SSSR count). The zero-order chi connectivity index (χ0) is 15.5. The van der Waals surface area contributed by atoms with Gasteiger partial charge in [0.1, 0.15) is 0 Å². The zero-order valence-electron chi connectivity index (χ0n) is 10.6. The highest BCUT2D eigenvalue weighted by atomic mass is 79.9. The molecule has 1 N–H and O–H groups in total. The Labute approximate surface area is 127 Å². The monoisotopic (exact) mass is 358 g/mol. The molecule has 0 fully saturated rings. The highest BCUT2D eigenvalue weighted by Crippen LogP contribution is 2.28. The predicted octanol–water partition coefficient (Wildman–Crippen LogP) is 4.28. The first-order valence-corrected chi connectivity index (χ1v) is 6.68. The van der Waals surface area contributed by atoms with E-state index in [1.54, 1.807) is 18.2 Å². The number of halogens is 4. The van der Waals surface area contributed by atoms with Gasteiger partial charge in [-0.1, -0.05) is 33.2 Å². The number of oxime groups is 1. The lowest BCUT2D eigenvalue weighted by molar-refractivity contribution is -0.137. The third-order valence-electron chi connectivity index (χ3n) is 2.78. The summed E-state index contributed by atoms with van der Waals surface area (Å²) in [7, 11) is 0. The van der Waals surface area contributed by atoms with Crippen LogP contribution >= 0.6 is 15.9 Å². The van der Waals surface area contributed by atoms with E-state index in [4.69, 9.17) is 5.21 Å². The van der Waals surface area contributed by atoms with Gasteiger partial charge in [-0.05, 0) is 24.3 Å². The van der Waals surface area contributed by atoms with E-state index in [0.29, 0.717) is 17.0 Å². The molecule has 7 heteroatoms. The fourth-order valence-corrected chi connectivity index (χ4v) is 2.13. The first-order valence-electron chi connectivity index (χ1n) is 5.89. The van der Waals surface area contributed by atoms with Gasteiger partial charge in [0.15, 0.2) is 0 Å². The minimum atomic E-state index is -4.41. The normalized spacial score (nSPS) is 12.5. The van der Waals surface area contributed by atoms with Crippen molar-refractivity contribution in [2.24, 2.45) is 5.16 Å². The van der Waals surface area contributed by atoms with Crippen LogP contribution in [0.4, 0.5) is 13.2 Å². The van der Waals surface area contributed by atoms with E-state index in [0.717, 1.165) is 16.7 Å². The summed E-state index contributed by atoms with van der Waals surface area (Å²) in [5, 5.41) is 12.3. The number of rotatable bonds is 3. The molecule has 0 saturated carbocycles. The summed E-state index contributed by atoms with van der Waals surface area (Å²) in [6.07, 6.45) is -3.51. The maximum absolute atomic E-state index is 12.4. The molecule has 0 bridgehead atoms. The van der Waals surface area contributed by atoms with Crippen molar-refractivity contribution in [3.63, 3.8) is 0 Å². The lowest BCUT2D eigenvalue weighted by Crippen LogP contribution is -2.09.